The first-order valence-corrected chi connectivity index (χ1v) is 12.4. The van der Waals surface area contributed by atoms with Gasteiger partial charge in [0.25, 0.3) is 0 Å². The first kappa shape index (κ1) is 29.2. The summed E-state index contributed by atoms with van der Waals surface area (Å²) in [4.78, 5) is 14.1. The van der Waals surface area contributed by atoms with Gasteiger partial charge in [-0.25, -0.2) is 9.18 Å². The van der Waals surface area contributed by atoms with Crippen molar-refractivity contribution in [2.45, 2.75) is 58.2 Å². The van der Waals surface area contributed by atoms with Crippen molar-refractivity contribution in [1.29, 1.82) is 0 Å². The molecule has 0 bridgehead atoms. The Morgan fingerprint density at radius 2 is 1.57 bits per heavy atom. The molecular formula is C29H26F7NO3. The Hall–Kier alpha value is -3.76. The first-order valence-electron chi connectivity index (χ1n) is 12.4. The topological polar surface area (TPSA) is 38.8 Å². The van der Waals surface area contributed by atoms with E-state index in [4.69, 9.17) is 9.47 Å². The van der Waals surface area contributed by atoms with Crippen LogP contribution in [0.25, 0.3) is 11.1 Å². The summed E-state index contributed by atoms with van der Waals surface area (Å²) in [6.45, 7) is 4.40. The van der Waals surface area contributed by atoms with Crippen LogP contribution in [0.2, 0.25) is 0 Å². The van der Waals surface area contributed by atoms with E-state index in [1.165, 1.54) is 32.2 Å². The number of carbonyl (C=O) groups excluding carboxylic acids is 1. The molecule has 214 valence electrons. The van der Waals surface area contributed by atoms with Gasteiger partial charge in [-0.05, 0) is 72.9 Å². The average molecular weight is 570 g/mol. The number of amides is 1. The number of carbonyl (C=O) groups is 1. The summed E-state index contributed by atoms with van der Waals surface area (Å²) in [5, 5.41) is 0. The number of rotatable bonds is 6. The molecule has 40 heavy (non-hydrogen) atoms. The predicted molar refractivity (Wildman–Crippen MR) is 133 cm³/mol. The van der Waals surface area contributed by atoms with Gasteiger partial charge < -0.3 is 9.47 Å². The number of hydrogen-bond donors (Lipinski definition) is 0. The van der Waals surface area contributed by atoms with Gasteiger partial charge in [0.2, 0.25) is 0 Å². The first-order chi connectivity index (χ1) is 18.6. The van der Waals surface area contributed by atoms with E-state index >= 15 is 0 Å². The summed E-state index contributed by atoms with van der Waals surface area (Å²) in [6, 6.07) is 8.16. The van der Waals surface area contributed by atoms with Crippen LogP contribution in [0.15, 0.2) is 48.5 Å². The fourth-order valence-corrected chi connectivity index (χ4v) is 4.90. The Kier molecular flexibility index (Phi) is 7.79. The molecule has 1 aliphatic heterocycles. The molecule has 3 aromatic carbocycles. The second kappa shape index (κ2) is 10.7. The Balaban J connectivity index is 1.78. The van der Waals surface area contributed by atoms with Crippen LogP contribution in [-0.4, -0.2) is 24.1 Å². The largest absolute Gasteiger partial charge is 0.496 e. The van der Waals surface area contributed by atoms with Crippen LogP contribution in [-0.2, 0) is 30.1 Å². The van der Waals surface area contributed by atoms with Crippen molar-refractivity contribution in [3.8, 4) is 16.9 Å². The second-order valence-electron chi connectivity index (χ2n) is 9.67. The van der Waals surface area contributed by atoms with Crippen LogP contribution in [0.1, 0.15) is 53.3 Å². The summed E-state index contributed by atoms with van der Waals surface area (Å²) < 4.78 is 106. The molecule has 4 nitrogen and oxygen atoms in total. The molecule has 3 aromatic rings. The zero-order chi connectivity index (χ0) is 29.6. The molecule has 4 rings (SSSR count). The molecule has 0 radical (unpaired) electrons. The third-order valence-electron chi connectivity index (χ3n) is 6.96. The Labute approximate surface area is 226 Å². The van der Waals surface area contributed by atoms with E-state index in [2.05, 4.69) is 0 Å². The van der Waals surface area contributed by atoms with Crippen molar-refractivity contribution >= 4 is 6.09 Å². The molecule has 1 heterocycles. The quantitative estimate of drug-likeness (QED) is 0.280. The van der Waals surface area contributed by atoms with Gasteiger partial charge in [-0.15, -0.1) is 0 Å². The molecule has 1 amide bonds. The Morgan fingerprint density at radius 3 is 2.17 bits per heavy atom. The Bertz CT molecular complexity index is 1430. The number of alkyl halides is 6. The van der Waals surface area contributed by atoms with E-state index in [0.29, 0.717) is 23.1 Å². The molecule has 1 fully saturated rings. The van der Waals surface area contributed by atoms with Crippen molar-refractivity contribution in [2.75, 3.05) is 7.11 Å². The smallest absolute Gasteiger partial charge is 0.416 e. The van der Waals surface area contributed by atoms with Gasteiger partial charge in [0.05, 0.1) is 30.8 Å². The summed E-state index contributed by atoms with van der Waals surface area (Å²) >= 11 is 0. The fourth-order valence-electron chi connectivity index (χ4n) is 4.90. The van der Waals surface area contributed by atoms with Gasteiger partial charge in [-0.3, -0.25) is 4.90 Å². The number of nitrogens with zero attached hydrogens (tertiary/aromatic N) is 1. The highest BCUT2D eigenvalue weighted by Gasteiger charge is 2.42. The summed E-state index contributed by atoms with van der Waals surface area (Å²) in [5.74, 6) is -0.447. The number of ether oxygens (including phenoxy) is 2. The van der Waals surface area contributed by atoms with Crippen LogP contribution in [0.5, 0.6) is 5.75 Å². The number of halogens is 7. The zero-order valence-electron chi connectivity index (χ0n) is 22.0. The zero-order valence-corrected chi connectivity index (χ0v) is 22.0. The van der Waals surface area contributed by atoms with Gasteiger partial charge in [0.15, 0.2) is 0 Å². The maximum Gasteiger partial charge on any atom is 0.416 e. The van der Waals surface area contributed by atoms with Gasteiger partial charge in [-0.1, -0.05) is 24.6 Å². The van der Waals surface area contributed by atoms with Crippen molar-refractivity contribution < 1.29 is 45.0 Å². The molecular weight excluding hydrogens is 543 g/mol. The van der Waals surface area contributed by atoms with E-state index in [-0.39, 0.29) is 29.0 Å². The lowest BCUT2D eigenvalue weighted by Gasteiger charge is -2.24. The average Bonchev–Trinajstić information content (AvgIpc) is 3.15. The highest BCUT2D eigenvalue weighted by Crippen LogP contribution is 2.41. The molecule has 0 saturated carbocycles. The number of methoxy groups -OCH3 is 1. The second-order valence-corrected chi connectivity index (χ2v) is 9.67. The van der Waals surface area contributed by atoms with Gasteiger partial charge in [0, 0.05) is 11.6 Å². The third-order valence-corrected chi connectivity index (χ3v) is 6.96. The van der Waals surface area contributed by atoms with Crippen LogP contribution in [0.4, 0.5) is 35.5 Å². The van der Waals surface area contributed by atoms with Crippen molar-refractivity contribution in [3.63, 3.8) is 0 Å². The molecule has 0 aliphatic carbocycles. The van der Waals surface area contributed by atoms with E-state index in [1.54, 1.807) is 13.8 Å². The molecule has 0 N–H and O–H groups in total. The minimum absolute atomic E-state index is 0.0754. The normalized spacial score (nSPS) is 17.8. The van der Waals surface area contributed by atoms with Crippen LogP contribution in [0.3, 0.4) is 0 Å². The standard InChI is InChI=1S/C29H26F7NO3/c1-5-17-12-23(25(39-4)13-24(17)30)22-7-6-20(28(31,32)33)11-19(22)14-37-16(3)26(40-27(37)38)18-8-15(2)9-21(10-18)29(34,35)36/h6-13,16,26H,5,14H2,1-4H3/t16-,26-/m0/s1. The van der Waals surface area contributed by atoms with Crippen LogP contribution < -0.4 is 4.74 Å². The lowest BCUT2D eigenvalue weighted by atomic mass is 9.93. The highest BCUT2D eigenvalue weighted by atomic mass is 19.4. The molecule has 1 aliphatic rings. The van der Waals surface area contributed by atoms with Gasteiger partial charge >= 0.3 is 18.4 Å². The Morgan fingerprint density at radius 1 is 0.900 bits per heavy atom. The maximum atomic E-state index is 14.5. The molecule has 11 heteroatoms. The van der Waals surface area contributed by atoms with Crippen molar-refractivity contribution in [3.05, 3.63) is 87.7 Å². The molecule has 1 saturated heterocycles. The summed E-state index contributed by atoms with van der Waals surface area (Å²) in [7, 11) is 1.30. The third kappa shape index (κ3) is 5.73. The number of aryl methyl sites for hydroxylation is 2. The minimum Gasteiger partial charge on any atom is -0.496 e. The molecule has 0 aromatic heterocycles. The number of benzene rings is 3. The van der Waals surface area contributed by atoms with Crippen LogP contribution in [0, 0.1) is 12.7 Å². The van der Waals surface area contributed by atoms with E-state index < -0.39 is 47.5 Å². The fraction of sp³-hybridized carbons (Fsp3) is 0.345. The number of hydrogen-bond acceptors (Lipinski definition) is 3. The molecule has 0 unspecified atom stereocenters. The monoisotopic (exact) mass is 569 g/mol. The van der Waals surface area contributed by atoms with E-state index in [9.17, 15) is 35.5 Å². The molecule has 2 atom stereocenters. The lowest BCUT2D eigenvalue weighted by Crippen LogP contribution is -2.31. The van der Waals surface area contributed by atoms with Crippen molar-refractivity contribution in [1.82, 2.24) is 4.90 Å². The highest BCUT2D eigenvalue weighted by molar-refractivity contribution is 5.76. The van der Waals surface area contributed by atoms with Gasteiger partial charge in [0.1, 0.15) is 17.7 Å². The van der Waals surface area contributed by atoms with E-state index in [0.717, 1.165) is 35.2 Å². The summed E-state index contributed by atoms with van der Waals surface area (Å²) in [5.41, 5.74) is -0.447. The molecule has 0 spiro atoms. The van der Waals surface area contributed by atoms with Crippen LogP contribution >= 0.6 is 0 Å². The predicted octanol–water partition coefficient (Wildman–Crippen LogP) is 8.49. The maximum absolute atomic E-state index is 14.5. The van der Waals surface area contributed by atoms with Gasteiger partial charge in [-0.2, -0.15) is 26.3 Å². The minimum atomic E-state index is -4.69. The SMILES string of the molecule is CCc1cc(-c2ccc(C(F)(F)F)cc2CN2C(=O)O[C@H](c3cc(C)cc(C(F)(F)F)c3)[C@@H]2C)c(OC)cc1F. The van der Waals surface area contributed by atoms with E-state index in [1.807, 2.05) is 0 Å². The van der Waals surface area contributed by atoms with Crippen molar-refractivity contribution in [2.24, 2.45) is 0 Å². The lowest BCUT2D eigenvalue weighted by molar-refractivity contribution is -0.138. The summed E-state index contributed by atoms with van der Waals surface area (Å²) in [6.07, 6.45) is -11.0. The number of cyclic esters (lactones) is 1.